The summed E-state index contributed by atoms with van der Waals surface area (Å²) >= 11 is 7.68. The molecule has 3 aromatic rings. The summed E-state index contributed by atoms with van der Waals surface area (Å²) in [5, 5.41) is 5.14. The first-order valence-electron chi connectivity index (χ1n) is 7.36. The maximum Gasteiger partial charge on any atom is 0.123 e. The molecule has 0 saturated heterocycles. The molecule has 3 rings (SSSR count). The van der Waals surface area contributed by atoms with Crippen molar-refractivity contribution < 1.29 is 4.39 Å². The van der Waals surface area contributed by atoms with Crippen molar-refractivity contribution in [2.24, 2.45) is 0 Å². The van der Waals surface area contributed by atoms with Crippen LogP contribution in [0.25, 0.3) is 10.4 Å². The molecule has 118 valence electrons. The van der Waals surface area contributed by atoms with Crippen LogP contribution in [0.5, 0.6) is 0 Å². The molecular weight excluding hydrogens is 331 g/mol. The third kappa shape index (κ3) is 4.61. The van der Waals surface area contributed by atoms with E-state index in [1.165, 1.54) is 12.1 Å². The van der Waals surface area contributed by atoms with Crippen LogP contribution < -0.4 is 5.32 Å². The molecule has 0 amide bonds. The molecule has 2 nitrogen and oxygen atoms in total. The number of aromatic nitrogens is 1. The van der Waals surface area contributed by atoms with Crippen LogP contribution in [-0.4, -0.2) is 11.5 Å². The lowest BCUT2D eigenvalue weighted by atomic mass is 10.1. The molecular formula is C18H16ClFN2S. The molecule has 0 aliphatic carbocycles. The first-order chi connectivity index (χ1) is 11.2. The first-order valence-corrected chi connectivity index (χ1v) is 8.56. The second-order valence-electron chi connectivity index (χ2n) is 5.18. The van der Waals surface area contributed by atoms with Gasteiger partial charge in [-0.2, -0.15) is 0 Å². The molecule has 1 N–H and O–H groups in total. The van der Waals surface area contributed by atoms with Crippen molar-refractivity contribution in [2.45, 2.75) is 13.0 Å². The third-order valence-electron chi connectivity index (χ3n) is 3.44. The predicted octanol–water partition coefficient (Wildman–Crippen LogP) is 4.93. The van der Waals surface area contributed by atoms with E-state index in [1.807, 2.05) is 42.6 Å². The summed E-state index contributed by atoms with van der Waals surface area (Å²) in [7, 11) is 0. The van der Waals surface area contributed by atoms with Crippen LogP contribution in [0.4, 0.5) is 4.39 Å². The summed E-state index contributed by atoms with van der Waals surface area (Å²) in [4.78, 5) is 5.56. The van der Waals surface area contributed by atoms with Gasteiger partial charge >= 0.3 is 0 Å². The Labute approximate surface area is 144 Å². The summed E-state index contributed by atoms with van der Waals surface area (Å²) in [5.41, 5.74) is 2.21. The van der Waals surface area contributed by atoms with E-state index in [0.29, 0.717) is 0 Å². The number of nitrogens with zero attached hydrogens (tertiary/aromatic N) is 1. The minimum Gasteiger partial charge on any atom is -0.310 e. The summed E-state index contributed by atoms with van der Waals surface area (Å²) < 4.78 is 12.8. The molecule has 0 radical (unpaired) electrons. The Bertz CT molecular complexity index is 771. The lowest BCUT2D eigenvalue weighted by molar-refractivity contribution is 0.626. The Hall–Kier alpha value is -1.75. The van der Waals surface area contributed by atoms with Crippen LogP contribution in [0.2, 0.25) is 5.02 Å². The van der Waals surface area contributed by atoms with Gasteiger partial charge in [-0.15, -0.1) is 11.3 Å². The quantitative estimate of drug-likeness (QED) is 0.640. The third-order valence-corrected chi connectivity index (χ3v) is 4.72. The molecule has 0 spiro atoms. The highest BCUT2D eigenvalue weighted by molar-refractivity contribution is 7.15. The van der Waals surface area contributed by atoms with Gasteiger partial charge < -0.3 is 5.32 Å². The molecule has 0 bridgehead atoms. The van der Waals surface area contributed by atoms with Crippen molar-refractivity contribution >= 4 is 22.9 Å². The summed E-state index contributed by atoms with van der Waals surface area (Å²) in [6.07, 6.45) is 2.75. The van der Waals surface area contributed by atoms with Gasteiger partial charge in [-0.25, -0.2) is 9.37 Å². The number of nitrogens with one attached hydrogen (secondary N) is 1. The van der Waals surface area contributed by atoms with E-state index in [4.69, 9.17) is 11.6 Å². The fraction of sp³-hybridized carbons (Fsp3) is 0.167. The van der Waals surface area contributed by atoms with E-state index in [0.717, 1.165) is 45.5 Å². The average Bonchev–Trinajstić information content (AvgIpc) is 3.02. The van der Waals surface area contributed by atoms with Crippen LogP contribution in [0, 0.1) is 5.82 Å². The molecule has 1 aromatic heterocycles. The van der Waals surface area contributed by atoms with Crippen molar-refractivity contribution in [3.8, 4) is 10.4 Å². The van der Waals surface area contributed by atoms with Crippen LogP contribution in [0.1, 0.15) is 10.6 Å². The maximum absolute atomic E-state index is 12.8. The van der Waals surface area contributed by atoms with E-state index < -0.39 is 0 Å². The van der Waals surface area contributed by atoms with E-state index in [2.05, 4.69) is 10.3 Å². The molecule has 5 heteroatoms. The SMILES string of the molecule is Fc1ccc(CCNCc2ncc(-c3cccc(Cl)c3)s2)cc1. The zero-order valence-corrected chi connectivity index (χ0v) is 14.0. The average molecular weight is 347 g/mol. The van der Waals surface area contributed by atoms with Gasteiger partial charge in [0.15, 0.2) is 0 Å². The molecule has 0 atom stereocenters. The highest BCUT2D eigenvalue weighted by Gasteiger charge is 2.05. The summed E-state index contributed by atoms with van der Waals surface area (Å²) in [6.45, 7) is 1.56. The van der Waals surface area contributed by atoms with Gasteiger partial charge in [-0.05, 0) is 48.4 Å². The number of rotatable bonds is 6. The van der Waals surface area contributed by atoms with Crippen LogP contribution >= 0.6 is 22.9 Å². The van der Waals surface area contributed by atoms with E-state index in [9.17, 15) is 4.39 Å². The van der Waals surface area contributed by atoms with E-state index in [-0.39, 0.29) is 5.82 Å². The summed E-state index contributed by atoms with van der Waals surface area (Å²) in [6, 6.07) is 14.4. The smallest absolute Gasteiger partial charge is 0.123 e. The highest BCUT2D eigenvalue weighted by Crippen LogP contribution is 2.27. The largest absolute Gasteiger partial charge is 0.310 e. The Morgan fingerprint density at radius 1 is 1.13 bits per heavy atom. The highest BCUT2D eigenvalue weighted by atomic mass is 35.5. The summed E-state index contributed by atoms with van der Waals surface area (Å²) in [5.74, 6) is -0.196. The van der Waals surface area contributed by atoms with Crippen molar-refractivity contribution in [3.63, 3.8) is 0 Å². The number of thiazole rings is 1. The second-order valence-corrected chi connectivity index (χ2v) is 6.73. The van der Waals surface area contributed by atoms with Gasteiger partial charge in [0.05, 0.1) is 4.88 Å². The van der Waals surface area contributed by atoms with E-state index >= 15 is 0 Å². The van der Waals surface area contributed by atoms with Crippen molar-refractivity contribution in [3.05, 3.63) is 76.1 Å². The Morgan fingerprint density at radius 2 is 1.96 bits per heavy atom. The molecule has 0 fully saturated rings. The minimum absolute atomic E-state index is 0.196. The first kappa shape index (κ1) is 16.1. The van der Waals surface area contributed by atoms with Crippen LogP contribution in [0.15, 0.2) is 54.7 Å². The molecule has 0 unspecified atom stereocenters. The Kier molecular flexibility index (Phi) is 5.39. The van der Waals surface area contributed by atoms with Crippen LogP contribution in [0.3, 0.4) is 0 Å². The van der Waals surface area contributed by atoms with Gasteiger partial charge in [0.25, 0.3) is 0 Å². The van der Waals surface area contributed by atoms with E-state index in [1.54, 1.807) is 11.3 Å². The standard InChI is InChI=1S/C18H16ClFN2S/c19-15-3-1-2-14(10-15)17-11-22-18(23-17)12-21-9-8-13-4-6-16(20)7-5-13/h1-7,10-11,21H,8-9,12H2. The predicted molar refractivity (Wildman–Crippen MR) is 94.4 cm³/mol. The second kappa shape index (κ2) is 7.68. The van der Waals surface area contributed by atoms with Gasteiger partial charge in [0.1, 0.15) is 10.8 Å². The van der Waals surface area contributed by atoms with Gasteiger partial charge in [0.2, 0.25) is 0 Å². The van der Waals surface area contributed by atoms with Crippen molar-refractivity contribution in [1.29, 1.82) is 0 Å². The number of hydrogen-bond donors (Lipinski definition) is 1. The molecule has 0 aliphatic heterocycles. The van der Waals surface area contributed by atoms with Crippen LogP contribution in [-0.2, 0) is 13.0 Å². The molecule has 2 aromatic carbocycles. The minimum atomic E-state index is -0.196. The Balaban J connectivity index is 1.50. The van der Waals surface area contributed by atoms with Gasteiger partial charge in [-0.1, -0.05) is 35.9 Å². The molecule has 0 aliphatic rings. The fourth-order valence-electron chi connectivity index (χ4n) is 2.25. The zero-order valence-electron chi connectivity index (χ0n) is 12.4. The number of halogens is 2. The lowest BCUT2D eigenvalue weighted by Crippen LogP contribution is -2.16. The van der Waals surface area contributed by atoms with Crippen molar-refractivity contribution in [2.75, 3.05) is 6.54 Å². The number of benzene rings is 2. The van der Waals surface area contributed by atoms with Gasteiger partial charge in [0, 0.05) is 17.8 Å². The van der Waals surface area contributed by atoms with Crippen molar-refractivity contribution in [1.82, 2.24) is 10.3 Å². The lowest BCUT2D eigenvalue weighted by Gasteiger charge is -2.03. The fourth-order valence-corrected chi connectivity index (χ4v) is 3.32. The molecule has 23 heavy (non-hydrogen) atoms. The topological polar surface area (TPSA) is 24.9 Å². The van der Waals surface area contributed by atoms with Gasteiger partial charge in [-0.3, -0.25) is 0 Å². The zero-order chi connectivity index (χ0) is 16.1. The molecule has 1 heterocycles. The normalized spacial score (nSPS) is 10.9. The molecule has 0 saturated carbocycles. The maximum atomic E-state index is 12.8. The monoisotopic (exact) mass is 346 g/mol. The Morgan fingerprint density at radius 3 is 2.74 bits per heavy atom. The number of hydrogen-bond acceptors (Lipinski definition) is 3.